The van der Waals surface area contributed by atoms with Crippen molar-refractivity contribution in [3.63, 3.8) is 0 Å². The lowest BCUT2D eigenvalue weighted by atomic mass is 10.1. The van der Waals surface area contributed by atoms with Gasteiger partial charge in [0.25, 0.3) is 0 Å². The van der Waals surface area contributed by atoms with Gasteiger partial charge >= 0.3 is 0 Å². The van der Waals surface area contributed by atoms with Crippen LogP contribution in [0.5, 0.6) is 5.75 Å². The Morgan fingerprint density at radius 2 is 1.69 bits per heavy atom. The summed E-state index contributed by atoms with van der Waals surface area (Å²) in [5, 5.41) is 8.84. The van der Waals surface area contributed by atoms with Gasteiger partial charge in [-0.15, -0.1) is 0 Å². The molecule has 2 rings (SSSR count). The molecule has 26 heavy (non-hydrogen) atoms. The van der Waals surface area contributed by atoms with E-state index in [1.54, 1.807) is 0 Å². The highest BCUT2D eigenvalue weighted by molar-refractivity contribution is 5.96. The molecule has 138 valence electrons. The molecule has 2 aromatic rings. The minimum atomic E-state index is -0.542. The number of rotatable bonds is 9. The number of nitrogens with one attached hydrogen (secondary N) is 3. The third kappa shape index (κ3) is 5.89. The highest BCUT2D eigenvalue weighted by Gasteiger charge is 2.21. The van der Waals surface area contributed by atoms with E-state index in [2.05, 4.69) is 16.0 Å². The molecular formula is C20H25N3O3. The summed E-state index contributed by atoms with van der Waals surface area (Å²) >= 11 is 0. The van der Waals surface area contributed by atoms with Gasteiger partial charge in [-0.1, -0.05) is 42.5 Å². The highest BCUT2D eigenvalue weighted by Crippen LogP contribution is 2.25. The standard InChI is InChI=1S/C20H25N3O3/c1-3-26-18-12-8-7-11-17(18)23-20(25)19(16-9-5-4-6-10-16)22-14-13-21-15(2)24/h4-12,19,22H,3,13-14H2,1-2H3,(H,21,24)(H,23,25)/t19-/m0/s1. The predicted molar refractivity (Wildman–Crippen MR) is 102 cm³/mol. The van der Waals surface area contributed by atoms with Crippen LogP contribution in [0.4, 0.5) is 5.69 Å². The van der Waals surface area contributed by atoms with Crippen molar-refractivity contribution in [1.82, 2.24) is 10.6 Å². The molecule has 0 aliphatic carbocycles. The van der Waals surface area contributed by atoms with Gasteiger partial charge in [0.1, 0.15) is 11.8 Å². The lowest BCUT2D eigenvalue weighted by Crippen LogP contribution is -2.37. The van der Waals surface area contributed by atoms with Crippen LogP contribution >= 0.6 is 0 Å². The van der Waals surface area contributed by atoms with Crippen molar-refractivity contribution < 1.29 is 14.3 Å². The Morgan fingerprint density at radius 1 is 1.00 bits per heavy atom. The SMILES string of the molecule is CCOc1ccccc1NC(=O)[C@@H](NCCNC(C)=O)c1ccccc1. The fourth-order valence-corrected chi connectivity index (χ4v) is 2.52. The van der Waals surface area contributed by atoms with E-state index in [0.717, 1.165) is 5.56 Å². The van der Waals surface area contributed by atoms with Gasteiger partial charge in [-0.3, -0.25) is 9.59 Å². The van der Waals surface area contributed by atoms with Crippen LogP contribution in [0.2, 0.25) is 0 Å². The van der Waals surface area contributed by atoms with Gasteiger partial charge in [-0.25, -0.2) is 0 Å². The zero-order valence-corrected chi connectivity index (χ0v) is 15.1. The fourth-order valence-electron chi connectivity index (χ4n) is 2.52. The number of carbonyl (C=O) groups is 2. The Morgan fingerprint density at radius 3 is 2.38 bits per heavy atom. The first-order valence-corrected chi connectivity index (χ1v) is 8.67. The van der Waals surface area contributed by atoms with Crippen LogP contribution in [0, 0.1) is 0 Å². The Labute approximate surface area is 153 Å². The van der Waals surface area contributed by atoms with Crippen LogP contribution in [0.15, 0.2) is 54.6 Å². The van der Waals surface area contributed by atoms with Crippen molar-refractivity contribution in [2.45, 2.75) is 19.9 Å². The zero-order valence-electron chi connectivity index (χ0n) is 15.1. The second kappa shape index (κ2) is 10.2. The van der Waals surface area contributed by atoms with Crippen molar-refractivity contribution in [3.05, 3.63) is 60.2 Å². The summed E-state index contributed by atoms with van der Waals surface area (Å²) in [6, 6.07) is 16.3. The molecule has 0 saturated heterocycles. The third-order valence-electron chi connectivity index (χ3n) is 3.69. The zero-order chi connectivity index (χ0) is 18.8. The summed E-state index contributed by atoms with van der Waals surface area (Å²) in [7, 11) is 0. The van der Waals surface area contributed by atoms with Crippen LogP contribution in [0.3, 0.4) is 0 Å². The largest absolute Gasteiger partial charge is 0.492 e. The lowest BCUT2D eigenvalue weighted by Gasteiger charge is -2.20. The normalized spacial score (nSPS) is 11.5. The molecule has 0 radical (unpaired) electrons. The molecule has 0 bridgehead atoms. The topological polar surface area (TPSA) is 79.5 Å². The number of hydrogen-bond acceptors (Lipinski definition) is 4. The van der Waals surface area contributed by atoms with Gasteiger partial charge in [0.2, 0.25) is 11.8 Å². The molecule has 2 amide bonds. The summed E-state index contributed by atoms with van der Waals surface area (Å²) in [4.78, 5) is 23.9. The quantitative estimate of drug-likeness (QED) is 0.604. The van der Waals surface area contributed by atoms with Gasteiger partial charge in [0.15, 0.2) is 0 Å². The molecule has 0 heterocycles. The van der Waals surface area contributed by atoms with E-state index in [4.69, 9.17) is 4.74 Å². The number of para-hydroxylation sites is 2. The molecule has 2 aromatic carbocycles. The Balaban J connectivity index is 2.11. The summed E-state index contributed by atoms with van der Waals surface area (Å²) < 4.78 is 5.57. The van der Waals surface area contributed by atoms with Crippen molar-refractivity contribution >= 4 is 17.5 Å². The van der Waals surface area contributed by atoms with Crippen molar-refractivity contribution in [2.75, 3.05) is 25.0 Å². The molecule has 3 N–H and O–H groups in total. The molecule has 6 nitrogen and oxygen atoms in total. The molecule has 1 atom stereocenters. The lowest BCUT2D eigenvalue weighted by molar-refractivity contribution is -0.119. The molecule has 0 aliphatic rings. The van der Waals surface area contributed by atoms with E-state index in [9.17, 15) is 9.59 Å². The van der Waals surface area contributed by atoms with Gasteiger partial charge in [0.05, 0.1) is 12.3 Å². The number of hydrogen-bond donors (Lipinski definition) is 3. The summed E-state index contributed by atoms with van der Waals surface area (Å²) in [6.07, 6.45) is 0. The molecule has 0 spiro atoms. The Hall–Kier alpha value is -2.86. The van der Waals surface area contributed by atoms with Crippen LogP contribution in [0.25, 0.3) is 0 Å². The van der Waals surface area contributed by atoms with E-state index in [1.807, 2.05) is 61.5 Å². The number of amides is 2. The first-order chi connectivity index (χ1) is 12.6. The maximum Gasteiger partial charge on any atom is 0.246 e. The molecule has 0 aliphatic heterocycles. The first kappa shape index (κ1) is 19.5. The van der Waals surface area contributed by atoms with E-state index in [0.29, 0.717) is 31.1 Å². The van der Waals surface area contributed by atoms with Gasteiger partial charge < -0.3 is 20.7 Å². The number of carbonyl (C=O) groups excluding carboxylic acids is 2. The molecule has 6 heteroatoms. The average Bonchev–Trinajstić information content (AvgIpc) is 2.64. The minimum absolute atomic E-state index is 0.0989. The van der Waals surface area contributed by atoms with E-state index in [1.165, 1.54) is 6.92 Å². The Bertz CT molecular complexity index is 719. The monoisotopic (exact) mass is 355 g/mol. The Kier molecular flexibility index (Phi) is 7.64. The van der Waals surface area contributed by atoms with Crippen molar-refractivity contribution in [2.24, 2.45) is 0 Å². The first-order valence-electron chi connectivity index (χ1n) is 8.67. The van der Waals surface area contributed by atoms with Gasteiger partial charge in [0, 0.05) is 20.0 Å². The number of ether oxygens (including phenoxy) is 1. The molecule has 0 saturated carbocycles. The van der Waals surface area contributed by atoms with Crippen LogP contribution in [0.1, 0.15) is 25.5 Å². The summed E-state index contributed by atoms with van der Waals surface area (Å²) in [5.41, 5.74) is 1.48. The summed E-state index contributed by atoms with van der Waals surface area (Å²) in [5.74, 6) is 0.345. The molecule has 0 unspecified atom stereocenters. The van der Waals surface area contributed by atoms with Crippen LogP contribution in [-0.2, 0) is 9.59 Å². The van der Waals surface area contributed by atoms with Gasteiger partial charge in [-0.05, 0) is 24.6 Å². The van der Waals surface area contributed by atoms with E-state index >= 15 is 0 Å². The fraction of sp³-hybridized carbons (Fsp3) is 0.300. The van der Waals surface area contributed by atoms with Crippen molar-refractivity contribution in [3.8, 4) is 5.75 Å². The highest BCUT2D eigenvalue weighted by atomic mass is 16.5. The number of anilines is 1. The molecular weight excluding hydrogens is 330 g/mol. The maximum atomic E-state index is 12.9. The smallest absolute Gasteiger partial charge is 0.246 e. The predicted octanol–water partition coefficient (Wildman–Crippen LogP) is 2.49. The van der Waals surface area contributed by atoms with Crippen LogP contribution < -0.4 is 20.7 Å². The molecule has 0 fully saturated rings. The second-order valence-corrected chi connectivity index (χ2v) is 5.70. The van der Waals surface area contributed by atoms with Crippen molar-refractivity contribution in [1.29, 1.82) is 0 Å². The van der Waals surface area contributed by atoms with E-state index in [-0.39, 0.29) is 11.8 Å². The number of benzene rings is 2. The minimum Gasteiger partial charge on any atom is -0.492 e. The van der Waals surface area contributed by atoms with Crippen LogP contribution in [-0.4, -0.2) is 31.5 Å². The van der Waals surface area contributed by atoms with E-state index < -0.39 is 6.04 Å². The second-order valence-electron chi connectivity index (χ2n) is 5.70. The third-order valence-corrected chi connectivity index (χ3v) is 3.69. The van der Waals surface area contributed by atoms with Gasteiger partial charge in [-0.2, -0.15) is 0 Å². The molecule has 0 aromatic heterocycles. The maximum absolute atomic E-state index is 12.9. The summed E-state index contributed by atoms with van der Waals surface area (Å²) in [6.45, 7) is 4.80. The average molecular weight is 355 g/mol.